The van der Waals surface area contributed by atoms with Crippen molar-refractivity contribution < 1.29 is 29.3 Å². The molecule has 0 atom stereocenters. The number of nitrogens with zero attached hydrogens (tertiary/aromatic N) is 2. The number of rotatable bonds is 15. The maximum atomic E-state index is 11.1. The van der Waals surface area contributed by atoms with Gasteiger partial charge in [0.15, 0.2) is 0 Å². The number of methoxy groups -OCH3 is 1. The van der Waals surface area contributed by atoms with Crippen LogP contribution in [0.25, 0.3) is 22.3 Å². The van der Waals surface area contributed by atoms with E-state index in [4.69, 9.17) is 4.74 Å². The molecule has 0 spiro atoms. The molecule has 294 valence electrons. The number of aromatic hydroxyl groups is 1. The van der Waals surface area contributed by atoms with E-state index in [1.165, 1.54) is 18.2 Å². The Kier molecular flexibility index (Phi) is 16.6. The molecule has 0 heterocycles. The van der Waals surface area contributed by atoms with Gasteiger partial charge in [-0.25, -0.2) is 0 Å². The third-order valence-corrected chi connectivity index (χ3v) is 8.84. The van der Waals surface area contributed by atoms with Gasteiger partial charge in [-0.3, -0.25) is 29.8 Å². The van der Waals surface area contributed by atoms with Crippen molar-refractivity contribution in [2.24, 2.45) is 0 Å². The number of hydrogen-bond donors (Lipinski definition) is 3. The van der Waals surface area contributed by atoms with E-state index in [0.717, 1.165) is 44.5 Å². The Morgan fingerprint density at radius 3 is 1.47 bits per heavy atom. The zero-order valence-corrected chi connectivity index (χ0v) is 29.9. The van der Waals surface area contributed by atoms with E-state index in [0.29, 0.717) is 55.6 Å². The van der Waals surface area contributed by atoms with Crippen molar-refractivity contribution in [3.8, 4) is 33.8 Å². The van der Waals surface area contributed by atoms with E-state index in [-0.39, 0.29) is 32.0 Å². The fraction of sp³-hybridized carbons (Fsp3) is 0.156. The molecule has 0 bridgehead atoms. The van der Waals surface area contributed by atoms with E-state index in [9.17, 15) is 34.9 Å². The summed E-state index contributed by atoms with van der Waals surface area (Å²) in [4.78, 5) is 42.5. The minimum atomic E-state index is -0.458. The molecule has 0 unspecified atom stereocenters. The zero-order chi connectivity index (χ0) is 39.2. The monoisotopic (exact) mass is 770 g/mol. The molecular formula is C45H46N4O8. The largest absolute Gasteiger partial charge is 0.507 e. The van der Waals surface area contributed by atoms with Gasteiger partial charge in [-0.1, -0.05) is 99.8 Å². The number of carbonyl (C=O) groups excluding carboxylic acids is 2. The molecule has 0 aliphatic carbocycles. The van der Waals surface area contributed by atoms with Crippen molar-refractivity contribution in [2.45, 2.75) is 40.8 Å². The fourth-order valence-corrected chi connectivity index (χ4v) is 6.14. The summed E-state index contributed by atoms with van der Waals surface area (Å²) in [5.74, 6) is 0.718. The second kappa shape index (κ2) is 21.5. The highest BCUT2D eigenvalue weighted by Crippen LogP contribution is 2.35. The number of amides is 2. The number of benzene rings is 6. The van der Waals surface area contributed by atoms with Gasteiger partial charge in [0.2, 0.25) is 12.8 Å². The van der Waals surface area contributed by atoms with Crippen molar-refractivity contribution in [3.63, 3.8) is 0 Å². The quantitative estimate of drug-likeness (QED) is 0.0526. The van der Waals surface area contributed by atoms with E-state index < -0.39 is 9.85 Å². The van der Waals surface area contributed by atoms with Crippen LogP contribution in [-0.4, -0.2) is 34.9 Å². The molecule has 57 heavy (non-hydrogen) atoms. The molecule has 0 fully saturated rings. The van der Waals surface area contributed by atoms with Crippen molar-refractivity contribution in [2.75, 3.05) is 7.11 Å². The van der Waals surface area contributed by atoms with E-state index in [1.807, 2.05) is 84.9 Å². The second-order valence-electron chi connectivity index (χ2n) is 12.4. The number of phenolic OH excluding ortho intramolecular Hbond substituents is 1. The summed E-state index contributed by atoms with van der Waals surface area (Å²) in [6.07, 6.45) is 2.63. The van der Waals surface area contributed by atoms with Gasteiger partial charge in [0.05, 0.1) is 17.0 Å². The molecule has 3 N–H and O–H groups in total. The Labute approximate surface area is 332 Å². The number of ether oxygens (including phenoxy) is 1. The third kappa shape index (κ3) is 11.8. The first-order valence-corrected chi connectivity index (χ1v) is 17.2. The molecule has 6 aromatic rings. The maximum absolute atomic E-state index is 11.1. The topological polar surface area (TPSA) is 174 Å². The number of carbonyl (C=O) groups is 2. The van der Waals surface area contributed by atoms with Gasteiger partial charge in [-0.15, -0.1) is 0 Å². The smallest absolute Gasteiger partial charge is 0.270 e. The lowest BCUT2D eigenvalue weighted by Gasteiger charge is -2.13. The summed E-state index contributed by atoms with van der Waals surface area (Å²) in [6, 6.07) is 39.5. The number of non-ortho nitro benzene ring substituents is 2. The van der Waals surface area contributed by atoms with Crippen LogP contribution in [0.2, 0.25) is 0 Å². The van der Waals surface area contributed by atoms with E-state index >= 15 is 0 Å². The zero-order valence-electron chi connectivity index (χ0n) is 29.9. The summed E-state index contributed by atoms with van der Waals surface area (Å²) in [5, 5.41) is 37.7. The summed E-state index contributed by atoms with van der Waals surface area (Å²) in [5.41, 5.74) is 8.87. The summed E-state index contributed by atoms with van der Waals surface area (Å²) in [7, 11) is 1.58. The Bertz CT molecular complexity index is 2310. The number of nitrogens with one attached hydrogen (secondary N) is 2. The first-order chi connectivity index (χ1) is 26.7. The molecule has 0 aliphatic heterocycles. The van der Waals surface area contributed by atoms with Crippen LogP contribution >= 0.6 is 0 Å². The van der Waals surface area contributed by atoms with Gasteiger partial charge >= 0.3 is 0 Å². The predicted molar refractivity (Wildman–Crippen MR) is 223 cm³/mol. The highest BCUT2D eigenvalue weighted by molar-refractivity contribution is 5.74. The molecule has 6 aromatic carbocycles. The second-order valence-corrected chi connectivity index (χ2v) is 12.4. The van der Waals surface area contributed by atoms with Gasteiger partial charge in [-0.05, 0) is 81.6 Å². The van der Waals surface area contributed by atoms with Crippen LogP contribution < -0.4 is 15.4 Å². The van der Waals surface area contributed by atoms with Crippen molar-refractivity contribution in [3.05, 3.63) is 187 Å². The van der Waals surface area contributed by atoms with Gasteiger partial charge in [0.1, 0.15) is 11.5 Å². The summed E-state index contributed by atoms with van der Waals surface area (Å²) < 4.78 is 5.46. The first-order valence-electron chi connectivity index (χ1n) is 17.2. The lowest BCUT2D eigenvalue weighted by molar-refractivity contribution is -0.385. The standard InChI is InChI=1S/C22H20N2O4.C21H18N2O4.2CH4/c1-28-22-10-9-16(11-17-5-2-3-6-19(17)14-23-15-25)12-21(22)18-7-4-8-20(13-18)24(26)27;24-14-22-13-18-5-2-1-4-16(18)10-15-8-9-21(25)20(11-15)17-6-3-7-19(12-17)23(26)27;;/h2-10,12-13,15H,11,14H2,1H3,(H,23,25);1-9,11-12,14,25H,10,13H2,(H,22,24);2*1H4. The first kappa shape index (κ1) is 44.1. The van der Waals surface area contributed by atoms with Crippen molar-refractivity contribution in [1.29, 1.82) is 0 Å². The lowest BCUT2D eigenvalue weighted by atomic mass is 9.96. The predicted octanol–water partition coefficient (Wildman–Crippen LogP) is 9.18. The molecule has 0 saturated carbocycles. The minimum Gasteiger partial charge on any atom is -0.507 e. The highest BCUT2D eigenvalue weighted by atomic mass is 16.6. The van der Waals surface area contributed by atoms with Crippen LogP contribution in [0.3, 0.4) is 0 Å². The van der Waals surface area contributed by atoms with Crippen LogP contribution in [-0.2, 0) is 35.5 Å². The van der Waals surface area contributed by atoms with Crippen LogP contribution in [0.4, 0.5) is 11.4 Å². The third-order valence-electron chi connectivity index (χ3n) is 8.84. The van der Waals surface area contributed by atoms with Gasteiger partial charge in [-0.2, -0.15) is 0 Å². The summed E-state index contributed by atoms with van der Waals surface area (Å²) in [6.45, 7) is 0.906. The Morgan fingerprint density at radius 2 is 1.02 bits per heavy atom. The molecule has 6 rings (SSSR count). The van der Waals surface area contributed by atoms with E-state index in [1.54, 1.807) is 37.4 Å². The molecule has 0 aromatic heterocycles. The SMILES string of the molecule is C.C.COc1ccc(Cc2ccccc2CNC=O)cc1-c1cccc([N+](=O)[O-])c1.O=CNCc1ccccc1Cc1ccc(O)c(-c2cccc([N+](=O)[O-])c2)c1. The summed E-state index contributed by atoms with van der Waals surface area (Å²) >= 11 is 0. The molecule has 2 amide bonds. The molecule has 0 radical (unpaired) electrons. The fourth-order valence-electron chi connectivity index (χ4n) is 6.14. The number of nitro groups is 2. The van der Waals surface area contributed by atoms with Gasteiger partial charge in [0.25, 0.3) is 11.4 Å². The van der Waals surface area contributed by atoms with Crippen LogP contribution in [0.1, 0.15) is 48.2 Å². The highest BCUT2D eigenvalue weighted by Gasteiger charge is 2.14. The molecular weight excluding hydrogens is 725 g/mol. The average molecular weight is 771 g/mol. The number of hydrogen-bond acceptors (Lipinski definition) is 8. The number of nitro benzene ring substituents is 2. The van der Waals surface area contributed by atoms with Crippen LogP contribution in [0, 0.1) is 20.2 Å². The normalized spacial score (nSPS) is 9.98. The Balaban J connectivity index is 0.000000295. The van der Waals surface area contributed by atoms with E-state index in [2.05, 4.69) is 10.6 Å². The molecule has 0 aliphatic rings. The van der Waals surface area contributed by atoms with Crippen molar-refractivity contribution in [1.82, 2.24) is 10.6 Å². The van der Waals surface area contributed by atoms with Gasteiger partial charge < -0.3 is 20.5 Å². The lowest BCUT2D eigenvalue weighted by Crippen LogP contribution is -2.11. The average Bonchev–Trinajstić information content (AvgIpc) is 3.21. The van der Waals surface area contributed by atoms with Crippen LogP contribution in [0.5, 0.6) is 11.5 Å². The minimum absolute atomic E-state index is 0. The molecule has 0 saturated heterocycles. The maximum Gasteiger partial charge on any atom is 0.270 e. The number of phenols is 1. The van der Waals surface area contributed by atoms with Crippen LogP contribution in [0.15, 0.2) is 133 Å². The Morgan fingerprint density at radius 1 is 0.579 bits per heavy atom. The molecule has 12 nitrogen and oxygen atoms in total. The Hall–Kier alpha value is -7.34. The van der Waals surface area contributed by atoms with Crippen molar-refractivity contribution >= 4 is 24.2 Å². The van der Waals surface area contributed by atoms with Gasteiger partial charge in [0, 0.05) is 48.5 Å². The molecule has 12 heteroatoms.